The summed E-state index contributed by atoms with van der Waals surface area (Å²) < 4.78 is 24.0. The largest absolute Gasteiger partial charge is 0.290 e. The van der Waals surface area contributed by atoms with Crippen molar-refractivity contribution in [2.45, 2.75) is 11.8 Å². The number of carbonyl (C=O) groups is 1. The lowest BCUT2D eigenvalue weighted by Gasteiger charge is -2.12. The fourth-order valence-electron chi connectivity index (χ4n) is 1.41. The van der Waals surface area contributed by atoms with E-state index in [1.165, 1.54) is 26.2 Å². The van der Waals surface area contributed by atoms with E-state index in [0.717, 1.165) is 0 Å². The van der Waals surface area contributed by atoms with Crippen molar-refractivity contribution >= 4 is 33.0 Å². The Morgan fingerprint density at radius 1 is 1.47 bits per heavy atom. The van der Waals surface area contributed by atoms with Crippen LogP contribution in [0.4, 0.5) is 5.69 Å². The summed E-state index contributed by atoms with van der Waals surface area (Å²) in [6.07, 6.45) is 0. The van der Waals surface area contributed by atoms with Crippen LogP contribution in [0.2, 0.25) is 5.02 Å². The average Bonchev–Trinajstić information content (AvgIpc) is 2.39. The van der Waals surface area contributed by atoms with Gasteiger partial charge < -0.3 is 0 Å². The fraction of sp³-hybridized carbons (Fsp3) is 0.300. The molecule has 0 aliphatic heterocycles. The van der Waals surface area contributed by atoms with Crippen LogP contribution in [-0.4, -0.2) is 27.2 Å². The third-order valence-corrected chi connectivity index (χ3v) is 4.45. The van der Waals surface area contributed by atoms with Gasteiger partial charge in [0.25, 0.3) is 5.91 Å². The molecule has 1 aromatic rings. The number of anilines is 1. The molecule has 19 heavy (non-hydrogen) atoms. The highest BCUT2D eigenvalue weighted by atomic mass is 35.5. The molecule has 0 spiro atoms. The van der Waals surface area contributed by atoms with Crippen LogP contribution in [0, 0.1) is 0 Å². The first-order valence-corrected chi connectivity index (χ1v) is 7.26. The molecular weight excluding hydrogens is 294 g/mol. The van der Waals surface area contributed by atoms with Crippen LogP contribution in [-0.2, 0) is 14.7 Å². The Balaban J connectivity index is 3.55. The summed E-state index contributed by atoms with van der Waals surface area (Å²) in [6, 6.07) is 2.45. The van der Waals surface area contributed by atoms with Crippen LogP contribution in [0.1, 0.15) is 17.3 Å². The standard InChI is InChI=1S/C10H14ClN3O4S/c1-3-19(16,17)9-5-8(14-18-2)7(11)4-6(9)10(15)13-12/h4-5,14H,3,12H2,1-2H3,(H,13,15). The number of sulfone groups is 1. The molecule has 0 aliphatic carbocycles. The number of amides is 1. The van der Waals surface area contributed by atoms with E-state index < -0.39 is 15.7 Å². The van der Waals surface area contributed by atoms with Gasteiger partial charge in [-0.05, 0) is 12.1 Å². The molecule has 0 atom stereocenters. The van der Waals surface area contributed by atoms with Gasteiger partial charge in [0.15, 0.2) is 9.84 Å². The highest BCUT2D eigenvalue weighted by Gasteiger charge is 2.23. The highest BCUT2D eigenvalue weighted by molar-refractivity contribution is 7.91. The normalized spacial score (nSPS) is 11.2. The summed E-state index contributed by atoms with van der Waals surface area (Å²) in [5.41, 5.74) is 4.45. The number of hydrazine groups is 1. The maximum absolute atomic E-state index is 12.0. The Morgan fingerprint density at radius 3 is 2.58 bits per heavy atom. The van der Waals surface area contributed by atoms with Gasteiger partial charge in [0.2, 0.25) is 0 Å². The van der Waals surface area contributed by atoms with Gasteiger partial charge >= 0.3 is 0 Å². The van der Waals surface area contributed by atoms with Crippen molar-refractivity contribution in [2.75, 3.05) is 18.3 Å². The predicted molar refractivity (Wildman–Crippen MR) is 71.5 cm³/mol. The van der Waals surface area contributed by atoms with Crippen LogP contribution in [0.5, 0.6) is 0 Å². The van der Waals surface area contributed by atoms with Crippen LogP contribution in [0.3, 0.4) is 0 Å². The minimum atomic E-state index is -3.61. The zero-order valence-corrected chi connectivity index (χ0v) is 11.9. The SMILES string of the molecule is CCS(=O)(=O)c1cc(NOC)c(Cl)cc1C(=O)NN. The number of halogens is 1. The molecule has 9 heteroatoms. The summed E-state index contributed by atoms with van der Waals surface area (Å²) in [5, 5.41) is 0.135. The van der Waals surface area contributed by atoms with Gasteiger partial charge in [0.05, 0.1) is 34.0 Å². The first-order chi connectivity index (χ1) is 8.87. The number of carbonyl (C=O) groups excluding carboxylic acids is 1. The maximum atomic E-state index is 12.0. The second kappa shape index (κ2) is 6.20. The van der Waals surface area contributed by atoms with Gasteiger partial charge in [0, 0.05) is 0 Å². The van der Waals surface area contributed by atoms with E-state index in [2.05, 4.69) is 10.3 Å². The number of hydrogen-bond acceptors (Lipinski definition) is 6. The molecular formula is C10H14ClN3O4S. The lowest BCUT2D eigenvalue weighted by molar-refractivity contribution is 0.0950. The molecule has 7 nitrogen and oxygen atoms in total. The third-order valence-electron chi connectivity index (χ3n) is 2.37. The van der Waals surface area contributed by atoms with E-state index in [1.54, 1.807) is 0 Å². The molecule has 0 saturated heterocycles. The van der Waals surface area contributed by atoms with E-state index in [1.807, 2.05) is 5.43 Å². The second-order valence-corrected chi connectivity index (χ2v) is 6.17. The highest BCUT2D eigenvalue weighted by Crippen LogP contribution is 2.29. The smallest absolute Gasteiger partial charge is 0.266 e. The Morgan fingerprint density at radius 2 is 2.11 bits per heavy atom. The predicted octanol–water partition coefficient (Wildman–Crippen LogP) is 0.710. The number of benzene rings is 1. The first-order valence-electron chi connectivity index (χ1n) is 5.23. The van der Waals surface area contributed by atoms with Crippen molar-refractivity contribution in [3.05, 3.63) is 22.7 Å². The number of rotatable bonds is 5. The van der Waals surface area contributed by atoms with Gasteiger partial charge in [0.1, 0.15) is 0 Å². The topological polar surface area (TPSA) is 111 Å². The van der Waals surface area contributed by atoms with Crippen molar-refractivity contribution in [3.63, 3.8) is 0 Å². The minimum Gasteiger partial charge on any atom is -0.290 e. The molecule has 1 rings (SSSR count). The zero-order chi connectivity index (χ0) is 14.6. The average molecular weight is 308 g/mol. The second-order valence-electron chi connectivity index (χ2n) is 3.51. The molecule has 106 valence electrons. The molecule has 0 aliphatic rings. The van der Waals surface area contributed by atoms with Gasteiger partial charge in [-0.1, -0.05) is 18.5 Å². The Labute approximate surface area is 115 Å². The zero-order valence-electron chi connectivity index (χ0n) is 10.4. The molecule has 0 fully saturated rings. The van der Waals surface area contributed by atoms with E-state index in [9.17, 15) is 13.2 Å². The summed E-state index contributed by atoms with van der Waals surface area (Å²) in [7, 11) is -2.26. The Bertz CT molecular complexity index is 589. The van der Waals surface area contributed by atoms with Crippen molar-refractivity contribution < 1.29 is 18.0 Å². The van der Waals surface area contributed by atoms with E-state index in [4.69, 9.17) is 17.4 Å². The Hall–Kier alpha value is -1.35. The monoisotopic (exact) mass is 307 g/mol. The minimum absolute atomic E-state index is 0.115. The van der Waals surface area contributed by atoms with Crippen molar-refractivity contribution in [1.29, 1.82) is 0 Å². The fourth-order valence-corrected chi connectivity index (χ4v) is 2.71. The van der Waals surface area contributed by atoms with Crippen molar-refractivity contribution in [1.82, 2.24) is 5.43 Å². The van der Waals surface area contributed by atoms with Crippen LogP contribution in [0.25, 0.3) is 0 Å². The number of hydrogen-bond donors (Lipinski definition) is 3. The lowest BCUT2D eigenvalue weighted by atomic mass is 10.2. The lowest BCUT2D eigenvalue weighted by Crippen LogP contribution is -2.31. The van der Waals surface area contributed by atoms with E-state index >= 15 is 0 Å². The van der Waals surface area contributed by atoms with Crippen LogP contribution < -0.4 is 16.7 Å². The molecule has 4 N–H and O–H groups in total. The molecule has 0 unspecified atom stereocenters. The Kier molecular flexibility index (Phi) is 5.12. The number of nitrogen functional groups attached to an aromatic ring is 1. The van der Waals surface area contributed by atoms with Gasteiger partial charge in [-0.3, -0.25) is 20.5 Å². The van der Waals surface area contributed by atoms with Gasteiger partial charge in [-0.25, -0.2) is 14.3 Å². The molecule has 0 bridgehead atoms. The van der Waals surface area contributed by atoms with Gasteiger partial charge in [-0.2, -0.15) is 0 Å². The molecule has 0 heterocycles. The summed E-state index contributed by atoms with van der Waals surface area (Å²) in [5.74, 6) is 4.13. The van der Waals surface area contributed by atoms with Gasteiger partial charge in [-0.15, -0.1) is 0 Å². The molecule has 0 saturated carbocycles. The summed E-state index contributed by atoms with van der Waals surface area (Å²) in [6.45, 7) is 1.47. The maximum Gasteiger partial charge on any atom is 0.266 e. The number of nitrogens with two attached hydrogens (primary N) is 1. The summed E-state index contributed by atoms with van der Waals surface area (Å²) in [4.78, 5) is 16.1. The molecule has 0 radical (unpaired) electrons. The molecule has 1 aromatic carbocycles. The number of nitrogens with one attached hydrogen (secondary N) is 2. The van der Waals surface area contributed by atoms with Crippen LogP contribution in [0.15, 0.2) is 17.0 Å². The molecule has 0 aromatic heterocycles. The van der Waals surface area contributed by atoms with Crippen molar-refractivity contribution in [2.24, 2.45) is 5.84 Å². The van der Waals surface area contributed by atoms with E-state index in [-0.39, 0.29) is 26.9 Å². The third kappa shape index (κ3) is 3.35. The van der Waals surface area contributed by atoms with E-state index in [0.29, 0.717) is 0 Å². The first kappa shape index (κ1) is 15.7. The quantitative estimate of drug-likeness (QED) is 0.420. The molecule has 1 amide bonds. The van der Waals surface area contributed by atoms with Crippen molar-refractivity contribution in [3.8, 4) is 0 Å². The summed E-state index contributed by atoms with van der Waals surface area (Å²) >= 11 is 5.92. The van der Waals surface area contributed by atoms with Crippen LogP contribution >= 0.6 is 11.6 Å².